The fraction of sp³-hybridized carbons (Fsp3) is 0.647. The van der Waals surface area contributed by atoms with Crippen LogP contribution >= 0.6 is 11.6 Å². The van der Waals surface area contributed by atoms with Gasteiger partial charge in [-0.1, -0.05) is 29.8 Å². The molecule has 0 spiro atoms. The van der Waals surface area contributed by atoms with Gasteiger partial charge in [0, 0.05) is 24.7 Å². The third kappa shape index (κ3) is 6.23. The van der Waals surface area contributed by atoms with Gasteiger partial charge in [0.05, 0.1) is 25.4 Å². The van der Waals surface area contributed by atoms with E-state index < -0.39 is 6.10 Å². The first kappa shape index (κ1) is 17.7. The molecule has 1 saturated heterocycles. The molecule has 0 saturated carbocycles. The topological polar surface area (TPSA) is 41.9 Å². The molecule has 2 atom stereocenters. The van der Waals surface area contributed by atoms with Gasteiger partial charge < -0.3 is 19.5 Å². The number of ether oxygens (including phenoxy) is 2. The van der Waals surface area contributed by atoms with Crippen LogP contribution in [0.3, 0.4) is 0 Å². The predicted octanol–water partition coefficient (Wildman–Crippen LogP) is 2.72. The third-order valence-electron chi connectivity index (χ3n) is 3.84. The Balaban J connectivity index is 1.62. The van der Waals surface area contributed by atoms with E-state index in [0.29, 0.717) is 30.9 Å². The zero-order chi connectivity index (χ0) is 15.8. The summed E-state index contributed by atoms with van der Waals surface area (Å²) in [4.78, 5) is 2.11. The summed E-state index contributed by atoms with van der Waals surface area (Å²) in [6.45, 7) is 3.04. The SMILES string of the molecule is CN(CC(O)COCc1ccccc1Cl)CC1CCCCO1. The lowest BCUT2D eigenvalue weighted by Crippen LogP contribution is -2.38. The maximum atomic E-state index is 10.1. The van der Waals surface area contributed by atoms with Gasteiger partial charge in [-0.25, -0.2) is 0 Å². The molecule has 1 aromatic carbocycles. The van der Waals surface area contributed by atoms with Crippen molar-refractivity contribution < 1.29 is 14.6 Å². The van der Waals surface area contributed by atoms with E-state index in [1.165, 1.54) is 12.8 Å². The summed E-state index contributed by atoms with van der Waals surface area (Å²) in [5.41, 5.74) is 0.945. The van der Waals surface area contributed by atoms with E-state index in [4.69, 9.17) is 21.1 Å². The number of hydrogen-bond acceptors (Lipinski definition) is 4. The molecule has 5 heteroatoms. The van der Waals surface area contributed by atoms with Crippen molar-refractivity contribution in [2.24, 2.45) is 0 Å². The van der Waals surface area contributed by atoms with Crippen LogP contribution in [0.2, 0.25) is 5.02 Å². The van der Waals surface area contributed by atoms with Crippen molar-refractivity contribution in [1.29, 1.82) is 0 Å². The number of nitrogens with zero attached hydrogens (tertiary/aromatic N) is 1. The molecule has 4 nitrogen and oxygen atoms in total. The van der Waals surface area contributed by atoms with Crippen LogP contribution in [-0.4, -0.2) is 55.6 Å². The number of likely N-dealkylation sites (N-methyl/N-ethyl adjacent to an activating group) is 1. The fourth-order valence-corrected chi connectivity index (χ4v) is 2.90. The van der Waals surface area contributed by atoms with Crippen LogP contribution in [0.4, 0.5) is 0 Å². The highest BCUT2D eigenvalue weighted by Gasteiger charge is 2.17. The molecular weight excluding hydrogens is 302 g/mol. The maximum Gasteiger partial charge on any atom is 0.0900 e. The van der Waals surface area contributed by atoms with Gasteiger partial charge in [-0.2, -0.15) is 0 Å². The van der Waals surface area contributed by atoms with Gasteiger partial charge in [0.15, 0.2) is 0 Å². The molecule has 2 unspecified atom stereocenters. The standard InChI is InChI=1S/C17H26ClNO3/c1-19(11-16-7-4-5-9-22-16)10-15(20)13-21-12-14-6-2-3-8-17(14)18/h2-3,6,8,15-16,20H,4-5,7,9-13H2,1H3. The Hall–Kier alpha value is -0.650. The second-order valence-corrected chi connectivity index (χ2v) is 6.38. The van der Waals surface area contributed by atoms with Crippen LogP contribution in [0.25, 0.3) is 0 Å². The highest BCUT2D eigenvalue weighted by Crippen LogP contribution is 2.16. The van der Waals surface area contributed by atoms with Crippen molar-refractivity contribution in [1.82, 2.24) is 4.90 Å². The first-order valence-corrected chi connectivity index (χ1v) is 8.32. The second-order valence-electron chi connectivity index (χ2n) is 5.97. The minimum absolute atomic E-state index is 0.301. The summed E-state index contributed by atoms with van der Waals surface area (Å²) in [7, 11) is 2.01. The van der Waals surface area contributed by atoms with Gasteiger partial charge in [-0.3, -0.25) is 0 Å². The normalized spacial score (nSPS) is 20.3. The van der Waals surface area contributed by atoms with Crippen molar-refractivity contribution in [2.75, 3.05) is 33.4 Å². The molecule has 1 heterocycles. The van der Waals surface area contributed by atoms with Crippen LogP contribution in [-0.2, 0) is 16.1 Å². The molecule has 0 radical (unpaired) electrons. The van der Waals surface area contributed by atoms with Crippen molar-refractivity contribution in [3.63, 3.8) is 0 Å². The van der Waals surface area contributed by atoms with Crippen molar-refractivity contribution in [3.8, 4) is 0 Å². The smallest absolute Gasteiger partial charge is 0.0900 e. The summed E-state index contributed by atoms with van der Waals surface area (Å²) in [5, 5.41) is 10.8. The first-order chi connectivity index (χ1) is 10.6. The minimum Gasteiger partial charge on any atom is -0.389 e. The Morgan fingerprint density at radius 3 is 2.95 bits per heavy atom. The molecule has 1 aliphatic heterocycles. The number of rotatable bonds is 8. The highest BCUT2D eigenvalue weighted by molar-refractivity contribution is 6.31. The Bertz CT molecular complexity index is 438. The molecule has 2 rings (SSSR count). The average molecular weight is 328 g/mol. The number of halogens is 1. The molecule has 1 aromatic rings. The second kappa shape index (κ2) is 9.48. The molecule has 1 aliphatic rings. The first-order valence-electron chi connectivity index (χ1n) is 7.94. The van der Waals surface area contributed by atoms with Gasteiger partial charge in [0.1, 0.15) is 0 Å². The number of aliphatic hydroxyl groups excluding tert-OH is 1. The summed E-state index contributed by atoms with van der Waals surface area (Å²) >= 11 is 6.07. The number of hydrogen-bond donors (Lipinski definition) is 1. The quantitative estimate of drug-likeness (QED) is 0.797. The van der Waals surface area contributed by atoms with Crippen molar-refractivity contribution >= 4 is 11.6 Å². The average Bonchev–Trinajstić information content (AvgIpc) is 2.50. The number of benzene rings is 1. The molecule has 1 fully saturated rings. The molecular formula is C17H26ClNO3. The lowest BCUT2D eigenvalue weighted by Gasteiger charge is -2.28. The molecule has 1 N–H and O–H groups in total. The van der Waals surface area contributed by atoms with E-state index in [0.717, 1.165) is 25.1 Å². The predicted molar refractivity (Wildman–Crippen MR) is 88.2 cm³/mol. The fourth-order valence-electron chi connectivity index (χ4n) is 2.71. The van der Waals surface area contributed by atoms with E-state index in [2.05, 4.69) is 4.90 Å². The summed E-state index contributed by atoms with van der Waals surface area (Å²) < 4.78 is 11.3. The zero-order valence-corrected chi connectivity index (χ0v) is 14.0. The maximum absolute atomic E-state index is 10.1. The molecule has 0 amide bonds. The summed E-state index contributed by atoms with van der Waals surface area (Å²) in [6.07, 6.45) is 3.32. The highest BCUT2D eigenvalue weighted by atomic mass is 35.5. The minimum atomic E-state index is -0.504. The van der Waals surface area contributed by atoms with Gasteiger partial charge >= 0.3 is 0 Å². The van der Waals surface area contributed by atoms with Crippen LogP contribution in [0.1, 0.15) is 24.8 Å². The van der Waals surface area contributed by atoms with Gasteiger partial charge in [-0.15, -0.1) is 0 Å². The van der Waals surface area contributed by atoms with Gasteiger partial charge in [0.2, 0.25) is 0 Å². The molecule has 22 heavy (non-hydrogen) atoms. The van der Waals surface area contributed by atoms with Crippen molar-refractivity contribution in [3.05, 3.63) is 34.9 Å². The van der Waals surface area contributed by atoms with Crippen LogP contribution in [0.15, 0.2) is 24.3 Å². The monoisotopic (exact) mass is 327 g/mol. The Morgan fingerprint density at radius 2 is 2.23 bits per heavy atom. The van der Waals surface area contributed by atoms with Crippen LogP contribution in [0.5, 0.6) is 0 Å². The molecule has 124 valence electrons. The Morgan fingerprint density at radius 1 is 1.41 bits per heavy atom. The molecule has 0 aromatic heterocycles. The van der Waals surface area contributed by atoms with E-state index in [1.54, 1.807) is 0 Å². The third-order valence-corrected chi connectivity index (χ3v) is 4.21. The van der Waals surface area contributed by atoms with Crippen LogP contribution in [0, 0.1) is 0 Å². The van der Waals surface area contributed by atoms with E-state index >= 15 is 0 Å². The van der Waals surface area contributed by atoms with E-state index in [-0.39, 0.29) is 0 Å². The van der Waals surface area contributed by atoms with Gasteiger partial charge in [-0.05, 0) is 37.9 Å². The van der Waals surface area contributed by atoms with E-state index in [9.17, 15) is 5.11 Å². The summed E-state index contributed by atoms with van der Waals surface area (Å²) in [5.74, 6) is 0. The Labute approximate surface area is 138 Å². The molecule has 0 bridgehead atoms. The largest absolute Gasteiger partial charge is 0.389 e. The van der Waals surface area contributed by atoms with Crippen molar-refractivity contribution in [2.45, 2.75) is 38.1 Å². The number of aliphatic hydroxyl groups is 1. The van der Waals surface area contributed by atoms with Crippen LogP contribution < -0.4 is 0 Å². The Kier molecular flexibility index (Phi) is 7.63. The van der Waals surface area contributed by atoms with E-state index in [1.807, 2.05) is 31.3 Å². The zero-order valence-electron chi connectivity index (χ0n) is 13.2. The summed E-state index contributed by atoms with van der Waals surface area (Å²) in [6, 6.07) is 7.60. The van der Waals surface area contributed by atoms with Gasteiger partial charge in [0.25, 0.3) is 0 Å². The lowest BCUT2D eigenvalue weighted by molar-refractivity contribution is -0.0203. The molecule has 0 aliphatic carbocycles. The lowest BCUT2D eigenvalue weighted by atomic mass is 10.1.